The predicted octanol–water partition coefficient (Wildman–Crippen LogP) is 2.40. The number of imidazole rings is 1. The van der Waals surface area contributed by atoms with Crippen molar-refractivity contribution in [3.8, 4) is 5.75 Å². The lowest BCUT2D eigenvalue weighted by Gasteiger charge is -2.21. The van der Waals surface area contributed by atoms with Gasteiger partial charge in [0.05, 0.1) is 23.8 Å². The van der Waals surface area contributed by atoms with E-state index in [9.17, 15) is 9.59 Å². The Labute approximate surface area is 173 Å². The first kappa shape index (κ1) is 19.4. The molecule has 1 N–H and O–H groups in total. The molecule has 2 aromatic carbocycles. The number of halogens is 1. The fourth-order valence-corrected chi connectivity index (χ4v) is 4.11. The van der Waals surface area contributed by atoms with Crippen molar-refractivity contribution in [2.24, 2.45) is 7.05 Å². The maximum atomic E-state index is 12.6. The third kappa shape index (κ3) is 3.70. The van der Waals surface area contributed by atoms with Gasteiger partial charge in [-0.25, -0.2) is 4.79 Å². The highest BCUT2D eigenvalue weighted by atomic mass is 35.5. The van der Waals surface area contributed by atoms with Crippen molar-refractivity contribution in [3.05, 3.63) is 58.0 Å². The van der Waals surface area contributed by atoms with Crippen molar-refractivity contribution in [3.63, 3.8) is 0 Å². The van der Waals surface area contributed by atoms with E-state index in [0.29, 0.717) is 11.6 Å². The molecule has 0 spiro atoms. The van der Waals surface area contributed by atoms with Crippen molar-refractivity contribution in [2.75, 3.05) is 25.1 Å². The molecule has 1 atom stereocenters. The molecule has 1 saturated heterocycles. The number of hydrogen-bond donors (Lipinski definition) is 1. The molecule has 0 saturated carbocycles. The van der Waals surface area contributed by atoms with E-state index in [1.165, 1.54) is 4.57 Å². The molecule has 7 nitrogen and oxygen atoms in total. The smallest absolute Gasteiger partial charge is 0.329 e. The van der Waals surface area contributed by atoms with Crippen LogP contribution in [0, 0.1) is 0 Å². The van der Waals surface area contributed by atoms with Crippen LogP contribution in [0.25, 0.3) is 11.0 Å². The van der Waals surface area contributed by atoms with Crippen LogP contribution in [-0.4, -0.2) is 41.3 Å². The SMILES string of the molecule is COc1ccc(Cl)cc1N1CCC(NC(=O)Cn2c(=O)n(C)c3ccccc32)C1. The molecule has 2 heterocycles. The molecule has 152 valence electrons. The Balaban J connectivity index is 1.45. The lowest BCUT2D eigenvalue weighted by atomic mass is 10.2. The molecule has 1 aromatic heterocycles. The Morgan fingerprint density at radius 3 is 2.76 bits per heavy atom. The molecule has 0 aliphatic carbocycles. The van der Waals surface area contributed by atoms with Gasteiger partial charge in [-0.2, -0.15) is 0 Å². The van der Waals surface area contributed by atoms with Gasteiger partial charge in [0.2, 0.25) is 5.91 Å². The van der Waals surface area contributed by atoms with Crippen LogP contribution >= 0.6 is 11.6 Å². The van der Waals surface area contributed by atoms with Gasteiger partial charge in [-0.05, 0) is 36.8 Å². The van der Waals surface area contributed by atoms with E-state index in [1.807, 2.05) is 36.4 Å². The van der Waals surface area contributed by atoms with E-state index in [4.69, 9.17) is 16.3 Å². The van der Waals surface area contributed by atoms with Crippen molar-refractivity contribution in [1.82, 2.24) is 14.5 Å². The van der Waals surface area contributed by atoms with Crippen LogP contribution in [0.3, 0.4) is 0 Å². The number of para-hydroxylation sites is 2. The highest BCUT2D eigenvalue weighted by Crippen LogP contribution is 2.33. The molecule has 0 bridgehead atoms. The number of aryl methyl sites for hydroxylation is 1. The molecule has 1 unspecified atom stereocenters. The Kier molecular flexibility index (Phi) is 5.24. The van der Waals surface area contributed by atoms with Crippen LogP contribution in [0.2, 0.25) is 5.02 Å². The number of ether oxygens (including phenoxy) is 1. The Morgan fingerprint density at radius 1 is 1.24 bits per heavy atom. The lowest BCUT2D eigenvalue weighted by Crippen LogP contribution is -2.40. The summed E-state index contributed by atoms with van der Waals surface area (Å²) in [6.07, 6.45) is 0.811. The van der Waals surface area contributed by atoms with E-state index >= 15 is 0 Å². The quantitative estimate of drug-likeness (QED) is 0.696. The third-order valence-corrected chi connectivity index (χ3v) is 5.62. The minimum Gasteiger partial charge on any atom is -0.495 e. The lowest BCUT2D eigenvalue weighted by molar-refractivity contribution is -0.122. The van der Waals surface area contributed by atoms with Crippen LogP contribution in [0.4, 0.5) is 5.69 Å². The van der Waals surface area contributed by atoms with Gasteiger partial charge < -0.3 is 15.0 Å². The molecule has 0 radical (unpaired) electrons. The van der Waals surface area contributed by atoms with Crippen LogP contribution in [0.5, 0.6) is 5.75 Å². The summed E-state index contributed by atoms with van der Waals surface area (Å²) in [5.74, 6) is 0.581. The molecule has 4 rings (SSSR count). The van der Waals surface area contributed by atoms with E-state index in [0.717, 1.165) is 35.4 Å². The largest absolute Gasteiger partial charge is 0.495 e. The average molecular weight is 415 g/mol. The van der Waals surface area contributed by atoms with Gasteiger partial charge in [-0.15, -0.1) is 0 Å². The normalized spacial score (nSPS) is 16.4. The molecule has 29 heavy (non-hydrogen) atoms. The number of aromatic nitrogens is 2. The number of benzene rings is 2. The maximum absolute atomic E-state index is 12.6. The molecule has 3 aromatic rings. The number of anilines is 1. The number of methoxy groups -OCH3 is 1. The van der Waals surface area contributed by atoms with Crippen LogP contribution < -0.4 is 20.6 Å². The highest BCUT2D eigenvalue weighted by molar-refractivity contribution is 6.30. The number of fused-ring (bicyclic) bond motifs is 1. The van der Waals surface area contributed by atoms with Gasteiger partial charge in [-0.3, -0.25) is 13.9 Å². The van der Waals surface area contributed by atoms with Crippen molar-refractivity contribution in [1.29, 1.82) is 0 Å². The van der Waals surface area contributed by atoms with E-state index in [1.54, 1.807) is 24.8 Å². The molecular weight excluding hydrogens is 392 g/mol. The van der Waals surface area contributed by atoms with Gasteiger partial charge in [-0.1, -0.05) is 23.7 Å². The second kappa shape index (κ2) is 7.83. The summed E-state index contributed by atoms with van der Waals surface area (Å²) in [7, 11) is 3.34. The standard InChI is InChI=1S/C21H23ClN4O3/c1-24-16-5-3-4-6-17(16)26(21(24)28)13-20(27)23-15-9-10-25(12-15)18-11-14(22)7-8-19(18)29-2/h3-8,11,15H,9-10,12-13H2,1-2H3,(H,23,27). The molecule has 1 aliphatic rings. The van der Waals surface area contributed by atoms with Gasteiger partial charge in [0.25, 0.3) is 0 Å². The average Bonchev–Trinajstić information content (AvgIpc) is 3.27. The first-order valence-corrected chi connectivity index (χ1v) is 9.88. The molecule has 1 amide bonds. The molecular formula is C21H23ClN4O3. The van der Waals surface area contributed by atoms with Gasteiger partial charge in [0, 0.05) is 31.2 Å². The summed E-state index contributed by atoms with van der Waals surface area (Å²) in [5.41, 5.74) is 2.29. The van der Waals surface area contributed by atoms with Crippen molar-refractivity contribution in [2.45, 2.75) is 19.0 Å². The Hall–Kier alpha value is -2.93. The Morgan fingerprint density at radius 2 is 2.00 bits per heavy atom. The van der Waals surface area contributed by atoms with Crippen molar-refractivity contribution >= 4 is 34.2 Å². The predicted molar refractivity (Wildman–Crippen MR) is 114 cm³/mol. The zero-order valence-corrected chi connectivity index (χ0v) is 17.1. The van der Waals surface area contributed by atoms with Gasteiger partial charge in [0.1, 0.15) is 12.3 Å². The minimum absolute atomic E-state index is 0.00280. The summed E-state index contributed by atoms with van der Waals surface area (Å²) >= 11 is 6.14. The zero-order valence-electron chi connectivity index (χ0n) is 16.4. The number of carbonyl (C=O) groups excluding carboxylic acids is 1. The second-order valence-electron chi connectivity index (χ2n) is 7.23. The summed E-state index contributed by atoms with van der Waals surface area (Å²) in [5, 5.41) is 3.70. The van der Waals surface area contributed by atoms with Crippen molar-refractivity contribution < 1.29 is 9.53 Å². The fourth-order valence-electron chi connectivity index (χ4n) is 3.94. The summed E-state index contributed by atoms with van der Waals surface area (Å²) in [6.45, 7) is 1.44. The number of hydrogen-bond acceptors (Lipinski definition) is 4. The van der Waals surface area contributed by atoms with Gasteiger partial charge in [0.15, 0.2) is 0 Å². The first-order valence-electron chi connectivity index (χ1n) is 9.50. The number of amides is 1. The van der Waals surface area contributed by atoms with E-state index < -0.39 is 0 Å². The summed E-state index contributed by atoms with van der Waals surface area (Å²) in [6, 6.07) is 13.0. The highest BCUT2D eigenvalue weighted by Gasteiger charge is 2.26. The number of rotatable bonds is 5. The molecule has 1 aliphatic heterocycles. The summed E-state index contributed by atoms with van der Waals surface area (Å²) in [4.78, 5) is 27.3. The molecule has 8 heteroatoms. The van der Waals surface area contributed by atoms with E-state index in [2.05, 4.69) is 10.2 Å². The summed E-state index contributed by atoms with van der Waals surface area (Å²) < 4.78 is 8.51. The van der Waals surface area contributed by atoms with E-state index in [-0.39, 0.29) is 24.2 Å². The number of nitrogens with zero attached hydrogens (tertiary/aromatic N) is 3. The number of nitrogens with one attached hydrogen (secondary N) is 1. The monoisotopic (exact) mass is 414 g/mol. The number of carbonyl (C=O) groups is 1. The van der Waals surface area contributed by atoms with Crippen LogP contribution in [-0.2, 0) is 18.4 Å². The van der Waals surface area contributed by atoms with Crippen LogP contribution in [0.15, 0.2) is 47.3 Å². The van der Waals surface area contributed by atoms with Crippen LogP contribution in [0.1, 0.15) is 6.42 Å². The zero-order chi connectivity index (χ0) is 20.5. The van der Waals surface area contributed by atoms with Gasteiger partial charge >= 0.3 is 5.69 Å². The second-order valence-corrected chi connectivity index (χ2v) is 7.67. The first-order chi connectivity index (χ1) is 14.0. The molecule has 1 fully saturated rings. The maximum Gasteiger partial charge on any atom is 0.329 e. The minimum atomic E-state index is -0.196. The topological polar surface area (TPSA) is 68.5 Å². The third-order valence-electron chi connectivity index (χ3n) is 5.39. The fraction of sp³-hybridized carbons (Fsp3) is 0.333. The Bertz CT molecular complexity index is 1120.